The summed E-state index contributed by atoms with van der Waals surface area (Å²) in [4.78, 5) is 15.3. The number of nitrogens with one attached hydrogen (secondary N) is 1. The van der Waals surface area contributed by atoms with Crippen molar-refractivity contribution >= 4 is 42.1 Å². The van der Waals surface area contributed by atoms with Crippen LogP contribution in [0.25, 0.3) is 0 Å². The van der Waals surface area contributed by atoms with Gasteiger partial charge in [-0.3, -0.25) is 4.79 Å². The van der Waals surface area contributed by atoms with Crippen molar-refractivity contribution in [1.82, 2.24) is 0 Å². The summed E-state index contributed by atoms with van der Waals surface area (Å²) >= 11 is 0. The predicted molar refractivity (Wildman–Crippen MR) is 121 cm³/mol. The SMILES string of the molecule is CCOC1CC(N)(C(=O)Nc2cccc(N3CCC(C)CC3)c2)C1(C)C.Cl.Cl. The van der Waals surface area contributed by atoms with Gasteiger partial charge < -0.3 is 20.7 Å². The maximum absolute atomic E-state index is 12.9. The van der Waals surface area contributed by atoms with Crippen LogP contribution in [0, 0.1) is 11.3 Å². The molecule has 1 heterocycles. The first kappa shape index (κ1) is 25.0. The number of carbonyl (C=O) groups excluding carboxylic acids is 1. The molecular formula is C21H35Cl2N3O2. The first-order valence-corrected chi connectivity index (χ1v) is 9.85. The van der Waals surface area contributed by atoms with Gasteiger partial charge in [0, 0.05) is 42.9 Å². The minimum absolute atomic E-state index is 0. The summed E-state index contributed by atoms with van der Waals surface area (Å²) in [6.45, 7) is 11.1. The van der Waals surface area contributed by atoms with Gasteiger partial charge >= 0.3 is 0 Å². The van der Waals surface area contributed by atoms with Crippen LogP contribution in [0.1, 0.15) is 47.0 Å². The van der Waals surface area contributed by atoms with Gasteiger partial charge in [-0.1, -0.05) is 26.8 Å². The molecule has 1 saturated carbocycles. The van der Waals surface area contributed by atoms with E-state index < -0.39 is 5.54 Å². The van der Waals surface area contributed by atoms with Gasteiger partial charge in [-0.15, -0.1) is 24.8 Å². The van der Waals surface area contributed by atoms with Gasteiger partial charge in [0.1, 0.15) is 5.54 Å². The van der Waals surface area contributed by atoms with Crippen molar-refractivity contribution in [2.24, 2.45) is 17.1 Å². The van der Waals surface area contributed by atoms with E-state index in [4.69, 9.17) is 10.5 Å². The van der Waals surface area contributed by atoms with E-state index in [1.54, 1.807) is 0 Å². The number of rotatable bonds is 5. The molecule has 0 bridgehead atoms. The van der Waals surface area contributed by atoms with Gasteiger partial charge in [-0.2, -0.15) is 0 Å². The molecule has 0 aromatic heterocycles. The smallest absolute Gasteiger partial charge is 0.245 e. The van der Waals surface area contributed by atoms with Crippen LogP contribution in [0.15, 0.2) is 24.3 Å². The van der Waals surface area contributed by atoms with E-state index in [0.717, 1.165) is 24.7 Å². The molecule has 7 heteroatoms. The molecule has 2 fully saturated rings. The van der Waals surface area contributed by atoms with Crippen molar-refractivity contribution in [3.05, 3.63) is 24.3 Å². The highest BCUT2D eigenvalue weighted by Gasteiger charge is 2.62. The quantitative estimate of drug-likeness (QED) is 0.731. The summed E-state index contributed by atoms with van der Waals surface area (Å²) in [7, 11) is 0. The van der Waals surface area contributed by atoms with Gasteiger partial charge in [0.2, 0.25) is 5.91 Å². The number of nitrogens with two attached hydrogens (primary N) is 1. The number of hydrogen-bond donors (Lipinski definition) is 2. The Morgan fingerprint density at radius 1 is 1.29 bits per heavy atom. The second-order valence-corrected chi connectivity index (χ2v) is 8.52. The molecule has 3 N–H and O–H groups in total. The molecule has 1 amide bonds. The molecule has 5 nitrogen and oxygen atoms in total. The molecule has 1 aromatic rings. The van der Waals surface area contributed by atoms with Gasteiger partial charge in [0.05, 0.1) is 6.10 Å². The molecular weight excluding hydrogens is 397 g/mol. The minimum Gasteiger partial charge on any atom is -0.378 e. The molecule has 2 atom stereocenters. The van der Waals surface area contributed by atoms with Crippen LogP contribution in [0.5, 0.6) is 0 Å². The molecule has 0 radical (unpaired) electrons. The van der Waals surface area contributed by atoms with Crippen LogP contribution in [0.2, 0.25) is 0 Å². The van der Waals surface area contributed by atoms with Crippen molar-refractivity contribution in [3.8, 4) is 0 Å². The Labute approximate surface area is 181 Å². The normalized spacial score (nSPS) is 26.5. The number of piperidine rings is 1. The molecule has 28 heavy (non-hydrogen) atoms. The number of nitrogens with zero attached hydrogens (tertiary/aromatic N) is 1. The predicted octanol–water partition coefficient (Wildman–Crippen LogP) is 4.24. The van der Waals surface area contributed by atoms with E-state index in [1.165, 1.54) is 18.5 Å². The third-order valence-electron chi connectivity index (χ3n) is 6.49. The molecule has 3 rings (SSSR count). The summed E-state index contributed by atoms with van der Waals surface area (Å²) in [6.07, 6.45) is 3.03. The molecule has 2 aliphatic rings. The zero-order valence-electron chi connectivity index (χ0n) is 17.4. The number of hydrogen-bond acceptors (Lipinski definition) is 4. The third kappa shape index (κ3) is 4.59. The maximum atomic E-state index is 12.9. The highest BCUT2D eigenvalue weighted by Crippen LogP contribution is 2.50. The van der Waals surface area contributed by atoms with Gasteiger partial charge in [-0.25, -0.2) is 0 Å². The van der Waals surface area contributed by atoms with Crippen LogP contribution in [0.4, 0.5) is 11.4 Å². The Hall–Kier alpha value is -1.01. The lowest BCUT2D eigenvalue weighted by Gasteiger charge is -2.57. The summed E-state index contributed by atoms with van der Waals surface area (Å²) < 4.78 is 5.73. The molecule has 1 saturated heterocycles. The lowest BCUT2D eigenvalue weighted by atomic mass is 9.54. The van der Waals surface area contributed by atoms with Crippen LogP contribution < -0.4 is 16.0 Å². The summed E-state index contributed by atoms with van der Waals surface area (Å²) in [5.41, 5.74) is 7.18. The van der Waals surface area contributed by atoms with E-state index in [0.29, 0.717) is 13.0 Å². The van der Waals surface area contributed by atoms with Crippen molar-refractivity contribution in [1.29, 1.82) is 0 Å². The molecule has 1 aliphatic carbocycles. The number of halogens is 2. The minimum atomic E-state index is -0.899. The van der Waals surface area contributed by atoms with Gasteiger partial charge in [0.15, 0.2) is 0 Å². The molecule has 160 valence electrons. The maximum Gasteiger partial charge on any atom is 0.245 e. The average Bonchev–Trinajstić information content (AvgIpc) is 2.62. The second kappa shape index (κ2) is 9.66. The zero-order chi connectivity index (χ0) is 18.9. The first-order chi connectivity index (χ1) is 12.3. The van der Waals surface area contributed by atoms with Crippen LogP contribution >= 0.6 is 24.8 Å². The van der Waals surface area contributed by atoms with Gasteiger partial charge in [0.25, 0.3) is 0 Å². The van der Waals surface area contributed by atoms with Crippen LogP contribution in [-0.2, 0) is 9.53 Å². The Morgan fingerprint density at radius 2 is 1.93 bits per heavy atom. The summed E-state index contributed by atoms with van der Waals surface area (Å²) in [5, 5.41) is 3.04. The average molecular weight is 432 g/mol. The zero-order valence-corrected chi connectivity index (χ0v) is 19.0. The van der Waals surface area contributed by atoms with Crippen molar-refractivity contribution in [3.63, 3.8) is 0 Å². The van der Waals surface area contributed by atoms with Crippen molar-refractivity contribution in [2.75, 3.05) is 29.9 Å². The summed E-state index contributed by atoms with van der Waals surface area (Å²) in [6, 6.07) is 8.11. The van der Waals surface area contributed by atoms with E-state index >= 15 is 0 Å². The van der Waals surface area contributed by atoms with Crippen molar-refractivity contribution < 1.29 is 9.53 Å². The standard InChI is InChI=1S/C21H33N3O2.2ClH/c1-5-26-18-14-21(22,20(18,3)4)19(25)23-16-7-6-8-17(13-16)24-11-9-15(2)10-12-24;;/h6-8,13,15,18H,5,9-12,14,22H2,1-4H3,(H,23,25);2*1H. The Bertz CT molecular complexity index is 663. The second-order valence-electron chi connectivity index (χ2n) is 8.52. The highest BCUT2D eigenvalue weighted by molar-refractivity contribution is 6.00. The fraction of sp³-hybridized carbons (Fsp3) is 0.667. The van der Waals surface area contributed by atoms with Gasteiger partial charge in [-0.05, 0) is 43.9 Å². The molecule has 2 unspecified atom stereocenters. The lowest BCUT2D eigenvalue weighted by molar-refractivity contribution is -0.166. The summed E-state index contributed by atoms with van der Waals surface area (Å²) in [5.74, 6) is 0.674. The monoisotopic (exact) mass is 431 g/mol. The molecule has 1 aliphatic heterocycles. The first-order valence-electron chi connectivity index (χ1n) is 9.85. The van der Waals surface area contributed by atoms with Crippen LogP contribution in [0.3, 0.4) is 0 Å². The van der Waals surface area contributed by atoms with E-state index in [9.17, 15) is 4.79 Å². The fourth-order valence-electron chi connectivity index (χ4n) is 4.11. The number of ether oxygens (including phenoxy) is 1. The molecule has 0 spiro atoms. The van der Waals surface area contributed by atoms with Crippen LogP contribution in [-0.4, -0.2) is 37.2 Å². The molecule has 1 aromatic carbocycles. The third-order valence-corrected chi connectivity index (χ3v) is 6.49. The van der Waals surface area contributed by atoms with E-state index in [-0.39, 0.29) is 42.2 Å². The number of carbonyl (C=O) groups is 1. The highest BCUT2D eigenvalue weighted by atomic mass is 35.5. The number of anilines is 2. The Morgan fingerprint density at radius 3 is 2.50 bits per heavy atom. The number of benzene rings is 1. The lowest BCUT2D eigenvalue weighted by Crippen LogP contribution is -2.74. The number of amides is 1. The largest absolute Gasteiger partial charge is 0.378 e. The Balaban J connectivity index is 0.00000196. The van der Waals surface area contributed by atoms with E-state index in [2.05, 4.69) is 29.3 Å². The fourth-order valence-corrected chi connectivity index (χ4v) is 4.11. The van der Waals surface area contributed by atoms with Crippen molar-refractivity contribution in [2.45, 2.75) is 58.6 Å². The topological polar surface area (TPSA) is 67.6 Å². The Kier molecular flexibility index (Phi) is 8.63. The van der Waals surface area contributed by atoms with E-state index in [1.807, 2.05) is 32.9 Å².